The molecule has 0 spiro atoms. The van der Waals surface area contributed by atoms with Crippen molar-refractivity contribution in [3.05, 3.63) is 58.4 Å². The average Bonchev–Trinajstić information content (AvgIpc) is 2.55. The quantitative estimate of drug-likeness (QED) is 0.362. The summed E-state index contributed by atoms with van der Waals surface area (Å²) in [7, 11) is 3.50. The lowest BCUT2D eigenvalue weighted by atomic mass is 10.0. The smallest absolute Gasteiger partial charge is 0.277 e. The maximum absolute atomic E-state index is 13.4. The molecular weight excluding hydrogens is 342 g/mol. The van der Waals surface area contributed by atoms with Gasteiger partial charge in [-0.25, -0.2) is 39.5 Å². The van der Waals surface area contributed by atoms with E-state index in [-0.39, 0.29) is 6.07 Å². The molecule has 0 aromatic heterocycles. The second kappa shape index (κ2) is 6.94. The standard InChI is InChI=1S/C12HF9.BHO/c13-3-1-2(5(14)9(18)6(3)15)4-7(16)10(19)12(21)11(20)8(4)17;1-2/h1H;2H. The number of hydrogen-bond acceptors (Lipinski definition) is 1. The lowest BCUT2D eigenvalue weighted by Crippen LogP contribution is -2.07. The highest BCUT2D eigenvalue weighted by atomic mass is 19.2. The largest absolute Gasteiger partial charge is 0.461 e. The Morgan fingerprint density at radius 2 is 0.870 bits per heavy atom. The number of benzene rings is 2. The van der Waals surface area contributed by atoms with Crippen LogP contribution in [0.2, 0.25) is 0 Å². The van der Waals surface area contributed by atoms with Crippen LogP contribution in [0.5, 0.6) is 0 Å². The first-order chi connectivity index (χ1) is 10.7. The molecule has 0 amide bonds. The first-order valence-corrected chi connectivity index (χ1v) is 5.29. The number of rotatable bonds is 1. The van der Waals surface area contributed by atoms with Gasteiger partial charge < -0.3 is 5.02 Å². The van der Waals surface area contributed by atoms with Gasteiger partial charge in [-0.1, -0.05) is 0 Å². The minimum absolute atomic E-state index is 0.216. The van der Waals surface area contributed by atoms with Crippen molar-refractivity contribution in [1.29, 1.82) is 0 Å². The van der Waals surface area contributed by atoms with Crippen molar-refractivity contribution >= 4 is 8.05 Å². The fraction of sp³-hybridized carbons (Fsp3) is 0. The van der Waals surface area contributed by atoms with E-state index in [4.69, 9.17) is 5.02 Å². The molecule has 1 N–H and O–H groups in total. The van der Waals surface area contributed by atoms with Crippen molar-refractivity contribution in [2.75, 3.05) is 0 Å². The van der Waals surface area contributed by atoms with Crippen LogP contribution in [0.1, 0.15) is 0 Å². The Balaban J connectivity index is 0.00000127. The van der Waals surface area contributed by atoms with E-state index in [0.29, 0.717) is 0 Å². The molecule has 0 unspecified atom stereocenters. The monoisotopic (exact) mass is 344 g/mol. The van der Waals surface area contributed by atoms with Crippen LogP contribution in [0.25, 0.3) is 11.1 Å². The molecule has 0 aliphatic heterocycles. The van der Waals surface area contributed by atoms with Crippen molar-refractivity contribution < 1.29 is 44.5 Å². The molecular formula is C12H2BF9O. The minimum atomic E-state index is -2.53. The molecule has 2 rings (SSSR count). The Labute approximate surface area is 123 Å². The lowest BCUT2D eigenvalue weighted by molar-refractivity contribution is 0.379. The van der Waals surface area contributed by atoms with Gasteiger partial charge in [0.05, 0.1) is 5.56 Å². The molecule has 0 bridgehead atoms. The molecule has 122 valence electrons. The molecule has 0 aliphatic rings. The van der Waals surface area contributed by atoms with Crippen molar-refractivity contribution in [2.24, 2.45) is 0 Å². The fourth-order valence-electron chi connectivity index (χ4n) is 1.60. The molecule has 0 aliphatic carbocycles. The van der Waals surface area contributed by atoms with Crippen LogP contribution >= 0.6 is 0 Å². The third-order valence-electron chi connectivity index (χ3n) is 2.58. The molecule has 2 aromatic rings. The van der Waals surface area contributed by atoms with Crippen molar-refractivity contribution in [1.82, 2.24) is 0 Å². The van der Waals surface area contributed by atoms with Crippen molar-refractivity contribution in [3.8, 4) is 11.1 Å². The van der Waals surface area contributed by atoms with Gasteiger partial charge in [-0.05, 0) is 6.07 Å². The van der Waals surface area contributed by atoms with E-state index >= 15 is 0 Å². The van der Waals surface area contributed by atoms with Gasteiger partial charge in [0.25, 0.3) is 8.05 Å². The van der Waals surface area contributed by atoms with E-state index in [0.717, 1.165) is 0 Å². The van der Waals surface area contributed by atoms with Gasteiger partial charge in [-0.3, -0.25) is 0 Å². The Hall–Kier alpha value is -2.17. The van der Waals surface area contributed by atoms with Gasteiger partial charge in [-0.2, -0.15) is 0 Å². The van der Waals surface area contributed by atoms with Crippen LogP contribution in [-0.4, -0.2) is 13.1 Å². The summed E-state index contributed by atoms with van der Waals surface area (Å²) in [4.78, 5) is 0. The Morgan fingerprint density at radius 1 is 0.522 bits per heavy atom. The maximum Gasteiger partial charge on any atom is 0.277 e. The highest BCUT2D eigenvalue weighted by Crippen LogP contribution is 2.34. The molecule has 1 nitrogen and oxygen atoms in total. The third kappa shape index (κ3) is 3.00. The van der Waals surface area contributed by atoms with Crippen molar-refractivity contribution in [2.45, 2.75) is 0 Å². The van der Waals surface area contributed by atoms with Crippen LogP contribution in [-0.2, 0) is 0 Å². The fourth-order valence-corrected chi connectivity index (χ4v) is 1.60. The number of hydrogen-bond donors (Lipinski definition) is 1. The summed E-state index contributed by atoms with van der Waals surface area (Å²) in [6.07, 6.45) is 0. The van der Waals surface area contributed by atoms with Gasteiger partial charge in [-0.15, -0.1) is 0 Å². The Bertz CT molecular complexity index is 734. The summed E-state index contributed by atoms with van der Waals surface area (Å²) in [6.45, 7) is 0. The van der Waals surface area contributed by atoms with Crippen LogP contribution in [0.4, 0.5) is 39.5 Å². The molecule has 0 fully saturated rings. The summed E-state index contributed by atoms with van der Waals surface area (Å²) in [5, 5.41) is 6.50. The maximum atomic E-state index is 13.4. The van der Waals surface area contributed by atoms with Crippen LogP contribution < -0.4 is 0 Å². The van der Waals surface area contributed by atoms with E-state index < -0.39 is 63.5 Å². The van der Waals surface area contributed by atoms with Gasteiger partial charge in [0.2, 0.25) is 5.82 Å². The predicted octanol–water partition coefficient (Wildman–Crippen LogP) is 3.67. The molecule has 2 radical (unpaired) electrons. The highest BCUT2D eigenvalue weighted by Gasteiger charge is 2.30. The second-order valence-electron chi connectivity index (χ2n) is 3.79. The molecule has 0 atom stereocenters. The first kappa shape index (κ1) is 18.9. The van der Waals surface area contributed by atoms with E-state index in [1.54, 1.807) is 0 Å². The average molecular weight is 344 g/mol. The zero-order chi connectivity index (χ0) is 18.1. The second-order valence-corrected chi connectivity index (χ2v) is 3.79. The molecule has 23 heavy (non-hydrogen) atoms. The van der Waals surface area contributed by atoms with Gasteiger partial charge in [0.1, 0.15) is 0 Å². The Kier molecular flexibility index (Phi) is 5.70. The summed E-state index contributed by atoms with van der Waals surface area (Å²) in [5.41, 5.74) is -3.54. The molecule has 0 saturated carbocycles. The van der Waals surface area contributed by atoms with E-state index in [2.05, 4.69) is 8.05 Å². The molecule has 2 aromatic carbocycles. The summed E-state index contributed by atoms with van der Waals surface area (Å²) >= 11 is 0. The van der Waals surface area contributed by atoms with Crippen LogP contribution in [0, 0.1) is 52.4 Å². The normalized spacial score (nSPS) is 10.3. The van der Waals surface area contributed by atoms with Crippen LogP contribution in [0.3, 0.4) is 0 Å². The number of halogens is 9. The van der Waals surface area contributed by atoms with Gasteiger partial charge >= 0.3 is 0 Å². The SMILES string of the molecule is Fc1cc(-c2c(F)c(F)c(F)c(F)c2F)c(F)c(F)c1F.[B]O. The highest BCUT2D eigenvalue weighted by molar-refractivity contribution is 5.95. The first-order valence-electron chi connectivity index (χ1n) is 5.29. The third-order valence-corrected chi connectivity index (χ3v) is 2.58. The molecule has 0 saturated heterocycles. The van der Waals surface area contributed by atoms with Crippen LogP contribution in [0.15, 0.2) is 6.07 Å². The molecule has 0 heterocycles. The van der Waals surface area contributed by atoms with E-state index in [1.165, 1.54) is 0 Å². The summed E-state index contributed by atoms with van der Waals surface area (Å²) < 4.78 is 118. The topological polar surface area (TPSA) is 20.2 Å². The summed E-state index contributed by atoms with van der Waals surface area (Å²) in [5.74, 6) is -21.5. The van der Waals surface area contributed by atoms with Gasteiger partial charge in [0, 0.05) is 5.56 Å². The lowest BCUT2D eigenvalue weighted by Gasteiger charge is -2.10. The molecule has 11 heteroatoms. The predicted molar refractivity (Wildman–Crippen MR) is 59.5 cm³/mol. The van der Waals surface area contributed by atoms with Crippen molar-refractivity contribution in [3.63, 3.8) is 0 Å². The Morgan fingerprint density at radius 3 is 1.30 bits per heavy atom. The minimum Gasteiger partial charge on any atom is -0.461 e. The zero-order valence-electron chi connectivity index (χ0n) is 10.5. The zero-order valence-corrected chi connectivity index (χ0v) is 10.5. The summed E-state index contributed by atoms with van der Waals surface area (Å²) in [6, 6.07) is -0.216. The van der Waals surface area contributed by atoms with E-state index in [9.17, 15) is 39.5 Å². The van der Waals surface area contributed by atoms with Gasteiger partial charge in [0.15, 0.2) is 46.5 Å². The van der Waals surface area contributed by atoms with E-state index in [1.807, 2.05) is 0 Å².